The van der Waals surface area contributed by atoms with Gasteiger partial charge in [0.2, 0.25) is 0 Å². The molecule has 0 unspecified atom stereocenters. The van der Waals surface area contributed by atoms with E-state index < -0.39 is 0 Å². The number of ether oxygens (including phenoxy) is 1. The van der Waals surface area contributed by atoms with Gasteiger partial charge in [-0.1, -0.05) is 12.1 Å². The number of amides is 3. The van der Waals surface area contributed by atoms with Gasteiger partial charge in [-0.3, -0.25) is 14.4 Å². The SMILES string of the molecule is COc1ccc(C(=O)Nc2ccc(N3C(=O)c4ccccc4C3=O)cc2)cc1. The van der Waals surface area contributed by atoms with Gasteiger partial charge in [-0.2, -0.15) is 0 Å². The van der Waals surface area contributed by atoms with Crippen molar-refractivity contribution in [2.24, 2.45) is 0 Å². The van der Waals surface area contributed by atoms with Crippen LogP contribution in [0.3, 0.4) is 0 Å². The zero-order valence-electron chi connectivity index (χ0n) is 15.0. The molecule has 1 aliphatic rings. The Kier molecular flexibility index (Phi) is 4.37. The number of anilines is 2. The van der Waals surface area contributed by atoms with Crippen molar-refractivity contribution in [3.63, 3.8) is 0 Å². The van der Waals surface area contributed by atoms with Gasteiger partial charge in [0.05, 0.1) is 23.9 Å². The number of carbonyl (C=O) groups excluding carboxylic acids is 3. The lowest BCUT2D eigenvalue weighted by Gasteiger charge is -2.14. The average molecular weight is 372 g/mol. The Morgan fingerprint density at radius 1 is 0.821 bits per heavy atom. The molecule has 0 saturated carbocycles. The number of nitrogens with zero attached hydrogens (tertiary/aromatic N) is 1. The van der Waals surface area contributed by atoms with E-state index in [1.54, 1.807) is 79.9 Å². The zero-order chi connectivity index (χ0) is 19.7. The van der Waals surface area contributed by atoms with Crippen LogP contribution in [0.4, 0.5) is 11.4 Å². The summed E-state index contributed by atoms with van der Waals surface area (Å²) < 4.78 is 5.08. The number of hydrogen-bond donors (Lipinski definition) is 1. The highest BCUT2D eigenvalue weighted by Gasteiger charge is 2.36. The molecule has 0 bridgehead atoms. The molecule has 0 aliphatic carbocycles. The molecule has 1 aliphatic heterocycles. The third-order valence-corrected chi connectivity index (χ3v) is 4.53. The molecule has 0 aromatic heterocycles. The van der Waals surface area contributed by atoms with Gasteiger partial charge >= 0.3 is 0 Å². The zero-order valence-corrected chi connectivity index (χ0v) is 15.0. The first-order valence-electron chi connectivity index (χ1n) is 8.62. The molecule has 138 valence electrons. The van der Waals surface area contributed by atoms with Crippen LogP contribution in [0.15, 0.2) is 72.8 Å². The molecular weight excluding hydrogens is 356 g/mol. The molecule has 1 N–H and O–H groups in total. The summed E-state index contributed by atoms with van der Waals surface area (Å²) in [4.78, 5) is 38.5. The second-order valence-electron chi connectivity index (χ2n) is 6.22. The maximum atomic E-state index is 12.5. The number of fused-ring (bicyclic) bond motifs is 1. The van der Waals surface area contributed by atoms with E-state index in [1.807, 2.05) is 0 Å². The quantitative estimate of drug-likeness (QED) is 0.708. The first kappa shape index (κ1) is 17.5. The highest BCUT2D eigenvalue weighted by Crippen LogP contribution is 2.29. The summed E-state index contributed by atoms with van der Waals surface area (Å²) in [5.41, 5.74) is 2.29. The average Bonchev–Trinajstić information content (AvgIpc) is 2.99. The molecule has 0 saturated heterocycles. The van der Waals surface area contributed by atoms with Crippen LogP contribution < -0.4 is 15.0 Å². The maximum Gasteiger partial charge on any atom is 0.266 e. The van der Waals surface area contributed by atoms with Gasteiger partial charge in [0.1, 0.15) is 5.75 Å². The Balaban J connectivity index is 1.51. The van der Waals surface area contributed by atoms with Crippen molar-refractivity contribution in [2.75, 3.05) is 17.3 Å². The van der Waals surface area contributed by atoms with E-state index in [0.717, 1.165) is 4.90 Å². The number of nitrogens with one attached hydrogen (secondary N) is 1. The lowest BCUT2D eigenvalue weighted by atomic mass is 10.1. The second-order valence-corrected chi connectivity index (χ2v) is 6.22. The van der Waals surface area contributed by atoms with Crippen molar-refractivity contribution >= 4 is 29.1 Å². The molecule has 0 radical (unpaired) electrons. The number of imide groups is 1. The number of hydrogen-bond acceptors (Lipinski definition) is 4. The number of carbonyl (C=O) groups is 3. The van der Waals surface area contributed by atoms with E-state index in [-0.39, 0.29) is 17.7 Å². The molecular formula is C22H16N2O4. The minimum atomic E-state index is -0.351. The molecule has 6 nitrogen and oxygen atoms in total. The number of methoxy groups -OCH3 is 1. The summed E-state index contributed by atoms with van der Waals surface area (Å²) >= 11 is 0. The first-order valence-corrected chi connectivity index (χ1v) is 8.62. The largest absolute Gasteiger partial charge is 0.497 e. The summed E-state index contributed by atoms with van der Waals surface area (Å²) in [6.45, 7) is 0. The first-order chi connectivity index (χ1) is 13.6. The fourth-order valence-corrected chi connectivity index (χ4v) is 3.06. The summed E-state index contributed by atoms with van der Waals surface area (Å²) in [6, 6.07) is 20.1. The normalized spacial score (nSPS) is 12.7. The Bertz CT molecular complexity index is 1040. The van der Waals surface area contributed by atoms with Crippen molar-refractivity contribution in [1.82, 2.24) is 0 Å². The second kappa shape index (κ2) is 7.00. The number of rotatable bonds is 4. The topological polar surface area (TPSA) is 75.7 Å². The predicted octanol–water partition coefficient (Wildman–Crippen LogP) is 3.75. The van der Waals surface area contributed by atoms with Crippen LogP contribution in [0.5, 0.6) is 5.75 Å². The number of benzene rings is 3. The minimum Gasteiger partial charge on any atom is -0.497 e. The molecule has 4 rings (SSSR count). The van der Waals surface area contributed by atoms with Crippen molar-refractivity contribution in [2.45, 2.75) is 0 Å². The Morgan fingerprint density at radius 2 is 1.39 bits per heavy atom. The van der Waals surface area contributed by atoms with Crippen molar-refractivity contribution in [3.8, 4) is 5.75 Å². The molecule has 0 atom stereocenters. The van der Waals surface area contributed by atoms with Gasteiger partial charge in [-0.05, 0) is 60.7 Å². The molecule has 3 aromatic carbocycles. The highest BCUT2D eigenvalue weighted by molar-refractivity contribution is 6.34. The van der Waals surface area contributed by atoms with E-state index in [4.69, 9.17) is 4.74 Å². The van der Waals surface area contributed by atoms with Gasteiger partial charge < -0.3 is 10.1 Å². The molecule has 0 spiro atoms. The van der Waals surface area contributed by atoms with Gasteiger partial charge in [-0.15, -0.1) is 0 Å². The third kappa shape index (κ3) is 3.01. The summed E-state index contributed by atoms with van der Waals surface area (Å²) in [5.74, 6) is -0.302. The van der Waals surface area contributed by atoms with E-state index >= 15 is 0 Å². The molecule has 28 heavy (non-hydrogen) atoms. The fourth-order valence-electron chi connectivity index (χ4n) is 3.06. The fraction of sp³-hybridized carbons (Fsp3) is 0.0455. The predicted molar refractivity (Wildman–Crippen MR) is 105 cm³/mol. The standard InChI is InChI=1S/C22H16N2O4/c1-28-17-12-6-14(7-13-17)20(25)23-15-8-10-16(11-9-15)24-21(26)18-4-2-3-5-19(18)22(24)27/h2-13H,1H3,(H,23,25). The summed E-state index contributed by atoms with van der Waals surface area (Å²) in [7, 11) is 1.56. The van der Waals surface area contributed by atoms with Crippen molar-refractivity contribution < 1.29 is 19.1 Å². The Labute approximate surface area is 161 Å². The van der Waals surface area contributed by atoms with E-state index in [0.29, 0.717) is 33.8 Å². The Morgan fingerprint density at radius 3 is 1.93 bits per heavy atom. The van der Waals surface area contributed by atoms with Crippen LogP contribution in [0.25, 0.3) is 0 Å². The maximum absolute atomic E-state index is 12.5. The molecule has 3 amide bonds. The molecule has 1 heterocycles. The highest BCUT2D eigenvalue weighted by atomic mass is 16.5. The third-order valence-electron chi connectivity index (χ3n) is 4.53. The van der Waals surface area contributed by atoms with E-state index in [9.17, 15) is 14.4 Å². The van der Waals surface area contributed by atoms with Gasteiger partial charge in [-0.25, -0.2) is 4.90 Å². The van der Waals surface area contributed by atoms with Crippen molar-refractivity contribution in [1.29, 1.82) is 0 Å². The summed E-state index contributed by atoms with van der Waals surface area (Å²) in [5, 5.41) is 2.78. The smallest absolute Gasteiger partial charge is 0.266 e. The Hall–Kier alpha value is -3.93. The van der Waals surface area contributed by atoms with E-state index in [2.05, 4.69) is 5.32 Å². The monoisotopic (exact) mass is 372 g/mol. The van der Waals surface area contributed by atoms with Gasteiger partial charge in [0.15, 0.2) is 0 Å². The molecule has 0 fully saturated rings. The lowest BCUT2D eigenvalue weighted by Crippen LogP contribution is -2.29. The van der Waals surface area contributed by atoms with Gasteiger partial charge in [0.25, 0.3) is 17.7 Å². The van der Waals surface area contributed by atoms with Crippen LogP contribution >= 0.6 is 0 Å². The van der Waals surface area contributed by atoms with Crippen LogP contribution in [0, 0.1) is 0 Å². The van der Waals surface area contributed by atoms with Crippen LogP contribution in [0.1, 0.15) is 31.1 Å². The van der Waals surface area contributed by atoms with Crippen LogP contribution in [-0.2, 0) is 0 Å². The summed E-state index contributed by atoms with van der Waals surface area (Å²) in [6.07, 6.45) is 0. The van der Waals surface area contributed by atoms with Crippen LogP contribution in [-0.4, -0.2) is 24.8 Å². The van der Waals surface area contributed by atoms with E-state index in [1.165, 1.54) is 0 Å². The molecule has 3 aromatic rings. The van der Waals surface area contributed by atoms with Crippen molar-refractivity contribution in [3.05, 3.63) is 89.5 Å². The molecule has 6 heteroatoms. The lowest BCUT2D eigenvalue weighted by molar-refractivity contribution is 0.0924. The van der Waals surface area contributed by atoms with Gasteiger partial charge in [0, 0.05) is 11.3 Å². The minimum absolute atomic E-state index is 0.267. The van der Waals surface area contributed by atoms with Crippen LogP contribution in [0.2, 0.25) is 0 Å².